The molecular formula is C6H16O3Si. The van der Waals surface area contributed by atoms with E-state index >= 15 is 0 Å². The minimum absolute atomic E-state index is 0.468. The lowest BCUT2D eigenvalue weighted by molar-refractivity contribution is -0.200. The van der Waals surface area contributed by atoms with E-state index in [2.05, 4.69) is 0 Å². The second kappa shape index (κ2) is 4.84. The number of rotatable bonds is 5. The monoisotopic (exact) mass is 164 g/mol. The molecule has 0 radical (unpaired) electrons. The Labute approximate surface area is 65.2 Å². The number of hydrogen-bond acceptors (Lipinski definition) is 3. The van der Waals surface area contributed by atoms with Gasteiger partial charge in [0.15, 0.2) is 5.79 Å². The maximum atomic E-state index is 5.10. The van der Waals surface area contributed by atoms with E-state index in [4.69, 9.17) is 13.9 Å². The van der Waals surface area contributed by atoms with Crippen molar-refractivity contribution in [2.45, 2.75) is 19.1 Å². The third kappa shape index (κ3) is 3.31. The third-order valence-corrected chi connectivity index (χ3v) is 2.03. The minimum atomic E-state index is -0.468. The van der Waals surface area contributed by atoms with E-state index in [1.165, 1.54) is 0 Å². The molecule has 0 rings (SSSR count). The lowest BCUT2D eigenvalue weighted by atomic mass is 10.2. The first-order valence-electron chi connectivity index (χ1n) is 3.28. The molecule has 0 spiro atoms. The smallest absolute Gasteiger partial charge is 0.166 e. The first-order valence-corrected chi connectivity index (χ1v) is 4.09. The highest BCUT2D eigenvalue weighted by molar-refractivity contribution is 5.97. The highest BCUT2D eigenvalue weighted by Gasteiger charge is 2.21. The molecular weight excluding hydrogens is 148 g/mol. The Hall–Kier alpha value is 0.0969. The van der Waals surface area contributed by atoms with Gasteiger partial charge in [0.1, 0.15) is 10.5 Å². The Kier molecular flexibility index (Phi) is 4.89. The average Bonchev–Trinajstić information content (AvgIpc) is 2.00. The second-order valence-corrected chi connectivity index (χ2v) is 2.86. The molecule has 62 valence electrons. The van der Waals surface area contributed by atoms with Crippen LogP contribution in [-0.2, 0) is 13.9 Å². The van der Waals surface area contributed by atoms with Crippen molar-refractivity contribution >= 4 is 10.5 Å². The maximum Gasteiger partial charge on any atom is 0.166 e. The first kappa shape index (κ1) is 10.1. The van der Waals surface area contributed by atoms with E-state index in [-0.39, 0.29) is 0 Å². The van der Waals surface area contributed by atoms with Gasteiger partial charge in [-0.25, -0.2) is 0 Å². The Balaban J connectivity index is 3.58. The SMILES string of the molecule is COC(C)(CCO[SiH3])OC. The Morgan fingerprint density at radius 3 is 2.10 bits per heavy atom. The van der Waals surface area contributed by atoms with Gasteiger partial charge in [0, 0.05) is 27.2 Å². The van der Waals surface area contributed by atoms with E-state index in [0.717, 1.165) is 16.9 Å². The molecule has 0 N–H and O–H groups in total. The highest BCUT2D eigenvalue weighted by Crippen LogP contribution is 2.13. The minimum Gasteiger partial charge on any atom is -0.428 e. The Morgan fingerprint density at radius 2 is 1.80 bits per heavy atom. The van der Waals surface area contributed by atoms with Crippen molar-refractivity contribution in [3.63, 3.8) is 0 Å². The van der Waals surface area contributed by atoms with Crippen LogP contribution in [-0.4, -0.2) is 37.1 Å². The van der Waals surface area contributed by atoms with Crippen molar-refractivity contribution < 1.29 is 13.9 Å². The van der Waals surface area contributed by atoms with Gasteiger partial charge in [-0.2, -0.15) is 0 Å². The van der Waals surface area contributed by atoms with Crippen molar-refractivity contribution in [1.29, 1.82) is 0 Å². The Bertz CT molecular complexity index is 83.1. The molecule has 0 aliphatic heterocycles. The lowest BCUT2D eigenvalue weighted by Crippen LogP contribution is -2.30. The predicted octanol–water partition coefficient (Wildman–Crippen LogP) is -0.317. The van der Waals surface area contributed by atoms with Crippen molar-refractivity contribution in [2.75, 3.05) is 20.8 Å². The summed E-state index contributed by atoms with van der Waals surface area (Å²) in [5.41, 5.74) is 0. The third-order valence-electron chi connectivity index (χ3n) is 1.62. The highest BCUT2D eigenvalue weighted by atomic mass is 28.2. The van der Waals surface area contributed by atoms with Crippen molar-refractivity contribution in [1.82, 2.24) is 0 Å². The first-order chi connectivity index (χ1) is 4.68. The quantitative estimate of drug-likeness (QED) is 0.412. The van der Waals surface area contributed by atoms with Crippen molar-refractivity contribution in [3.05, 3.63) is 0 Å². The van der Waals surface area contributed by atoms with Crippen LogP contribution in [0.25, 0.3) is 0 Å². The number of ether oxygens (including phenoxy) is 2. The zero-order chi connectivity index (χ0) is 8.04. The summed E-state index contributed by atoms with van der Waals surface area (Å²) in [6.45, 7) is 2.61. The molecule has 0 saturated heterocycles. The summed E-state index contributed by atoms with van der Waals surface area (Å²) >= 11 is 0. The van der Waals surface area contributed by atoms with Crippen LogP contribution in [0, 0.1) is 0 Å². The molecule has 4 heteroatoms. The molecule has 0 amide bonds. The van der Waals surface area contributed by atoms with Crippen LogP contribution in [0.1, 0.15) is 13.3 Å². The summed E-state index contributed by atoms with van der Waals surface area (Å²) in [7, 11) is 4.05. The summed E-state index contributed by atoms with van der Waals surface area (Å²) in [5, 5.41) is 0. The molecule has 0 aromatic carbocycles. The molecule has 0 aliphatic carbocycles. The number of methoxy groups -OCH3 is 2. The fraction of sp³-hybridized carbons (Fsp3) is 1.00. The summed E-state index contributed by atoms with van der Waals surface area (Å²) in [6, 6.07) is 0. The van der Waals surface area contributed by atoms with Crippen LogP contribution in [0.15, 0.2) is 0 Å². The van der Waals surface area contributed by atoms with E-state index < -0.39 is 5.79 Å². The van der Waals surface area contributed by atoms with Crippen molar-refractivity contribution in [2.24, 2.45) is 0 Å². The molecule has 0 atom stereocenters. The zero-order valence-electron chi connectivity index (χ0n) is 7.14. The van der Waals surface area contributed by atoms with Crippen LogP contribution >= 0.6 is 0 Å². The Morgan fingerprint density at radius 1 is 1.30 bits per heavy atom. The summed E-state index contributed by atoms with van der Waals surface area (Å²) in [6.07, 6.45) is 0.781. The number of hydrogen-bond donors (Lipinski definition) is 0. The van der Waals surface area contributed by atoms with Crippen LogP contribution in [0.2, 0.25) is 0 Å². The summed E-state index contributed by atoms with van der Waals surface area (Å²) < 4.78 is 15.2. The zero-order valence-corrected chi connectivity index (χ0v) is 9.14. The largest absolute Gasteiger partial charge is 0.428 e. The van der Waals surface area contributed by atoms with E-state index in [9.17, 15) is 0 Å². The molecule has 0 fully saturated rings. The standard InChI is InChI=1S/C6H16O3Si/c1-6(7-2,8-3)4-5-9-10/h4-5H2,1-3,10H3. The average molecular weight is 164 g/mol. The molecule has 0 aromatic rings. The fourth-order valence-electron chi connectivity index (χ4n) is 0.575. The molecule has 0 saturated carbocycles. The van der Waals surface area contributed by atoms with Gasteiger partial charge in [0.05, 0.1) is 0 Å². The van der Waals surface area contributed by atoms with Gasteiger partial charge in [0.2, 0.25) is 0 Å². The lowest BCUT2D eigenvalue weighted by Gasteiger charge is -2.25. The molecule has 0 aliphatic rings. The molecule has 10 heavy (non-hydrogen) atoms. The van der Waals surface area contributed by atoms with Gasteiger partial charge in [-0.05, 0) is 6.92 Å². The fourth-order valence-corrected chi connectivity index (χ4v) is 0.779. The molecule has 3 nitrogen and oxygen atoms in total. The van der Waals surface area contributed by atoms with E-state index in [0.29, 0.717) is 6.61 Å². The molecule has 0 bridgehead atoms. The topological polar surface area (TPSA) is 27.7 Å². The van der Waals surface area contributed by atoms with Gasteiger partial charge < -0.3 is 13.9 Å². The van der Waals surface area contributed by atoms with E-state index in [1.54, 1.807) is 14.2 Å². The van der Waals surface area contributed by atoms with Crippen molar-refractivity contribution in [3.8, 4) is 0 Å². The van der Waals surface area contributed by atoms with Gasteiger partial charge in [-0.15, -0.1) is 0 Å². The van der Waals surface area contributed by atoms with Crippen LogP contribution in [0.3, 0.4) is 0 Å². The van der Waals surface area contributed by atoms with Crippen LogP contribution < -0.4 is 0 Å². The van der Waals surface area contributed by atoms with Gasteiger partial charge in [0.25, 0.3) is 0 Å². The van der Waals surface area contributed by atoms with Gasteiger partial charge in [-0.1, -0.05) is 0 Å². The van der Waals surface area contributed by atoms with Gasteiger partial charge >= 0.3 is 0 Å². The van der Waals surface area contributed by atoms with Crippen LogP contribution in [0.5, 0.6) is 0 Å². The summed E-state index contributed by atoms with van der Waals surface area (Å²) in [4.78, 5) is 0. The maximum absolute atomic E-state index is 5.10. The molecule has 0 unspecified atom stereocenters. The molecule has 0 heterocycles. The van der Waals surface area contributed by atoms with Crippen LogP contribution in [0.4, 0.5) is 0 Å². The second-order valence-electron chi connectivity index (χ2n) is 2.28. The predicted molar refractivity (Wildman–Crippen MR) is 42.9 cm³/mol. The normalized spacial score (nSPS) is 12.3. The molecule has 0 aromatic heterocycles. The van der Waals surface area contributed by atoms with E-state index in [1.807, 2.05) is 6.92 Å². The summed E-state index contributed by atoms with van der Waals surface area (Å²) in [5.74, 6) is -0.468. The van der Waals surface area contributed by atoms with Gasteiger partial charge in [-0.3, -0.25) is 0 Å².